The summed E-state index contributed by atoms with van der Waals surface area (Å²) in [6.07, 6.45) is -3.39. The molecule has 0 aliphatic heterocycles. The maximum atomic E-state index is 12.4. The topological polar surface area (TPSA) is 70.0 Å². The first-order chi connectivity index (χ1) is 12.3. The van der Waals surface area contributed by atoms with Crippen molar-refractivity contribution in [2.24, 2.45) is 0 Å². The van der Waals surface area contributed by atoms with E-state index in [-0.39, 0.29) is 17.5 Å². The molecule has 3 rings (SSSR count). The molecule has 0 fully saturated rings. The minimum atomic E-state index is -4.79. The van der Waals surface area contributed by atoms with Crippen LogP contribution >= 0.6 is 11.6 Å². The normalized spacial score (nSPS) is 11.3. The summed E-state index contributed by atoms with van der Waals surface area (Å²) in [5.74, 6) is 0.211. The molecule has 0 bridgehead atoms. The quantitative estimate of drug-likeness (QED) is 0.615. The van der Waals surface area contributed by atoms with Crippen molar-refractivity contribution in [3.8, 4) is 28.8 Å². The molecular formula is C16H10ClF3N4O2. The molecule has 0 saturated carbocycles. The molecule has 6 nitrogen and oxygen atoms in total. The highest BCUT2D eigenvalue weighted by molar-refractivity contribution is 6.29. The number of alkyl halides is 3. The second-order valence-corrected chi connectivity index (χ2v) is 5.41. The molecule has 0 amide bonds. The molecule has 0 spiro atoms. The summed E-state index contributed by atoms with van der Waals surface area (Å²) in [7, 11) is 0. The van der Waals surface area contributed by atoms with E-state index in [1.54, 1.807) is 19.1 Å². The predicted molar refractivity (Wildman–Crippen MR) is 86.0 cm³/mol. The van der Waals surface area contributed by atoms with E-state index in [9.17, 15) is 13.2 Å². The third-order valence-electron chi connectivity index (χ3n) is 3.05. The van der Waals surface area contributed by atoms with Gasteiger partial charge in [-0.3, -0.25) is 0 Å². The fourth-order valence-electron chi connectivity index (χ4n) is 1.95. The third kappa shape index (κ3) is 4.57. The molecule has 0 radical (unpaired) electrons. The van der Waals surface area contributed by atoms with Gasteiger partial charge in [-0.2, -0.15) is 4.98 Å². The lowest BCUT2D eigenvalue weighted by Crippen LogP contribution is -2.17. The monoisotopic (exact) mass is 382 g/mol. The fourth-order valence-corrected chi connectivity index (χ4v) is 2.06. The lowest BCUT2D eigenvalue weighted by Gasteiger charge is -2.10. The van der Waals surface area contributed by atoms with Gasteiger partial charge in [0.05, 0.1) is 6.20 Å². The summed E-state index contributed by atoms with van der Waals surface area (Å²) in [5, 5.41) is 8.12. The molecule has 0 unspecified atom stereocenters. The highest BCUT2D eigenvalue weighted by Crippen LogP contribution is 2.28. The summed E-state index contributed by atoms with van der Waals surface area (Å²) in [5.41, 5.74) is 0.685. The first-order valence-electron chi connectivity index (χ1n) is 7.17. The van der Waals surface area contributed by atoms with Crippen molar-refractivity contribution < 1.29 is 22.6 Å². The molecule has 26 heavy (non-hydrogen) atoms. The second-order valence-electron chi connectivity index (χ2n) is 5.02. The van der Waals surface area contributed by atoms with Gasteiger partial charge in [-0.15, -0.1) is 23.4 Å². The Balaban J connectivity index is 1.89. The minimum Gasteiger partial charge on any atom is -0.436 e. The van der Waals surface area contributed by atoms with Crippen LogP contribution in [0.5, 0.6) is 17.4 Å². The van der Waals surface area contributed by atoms with Crippen molar-refractivity contribution in [3.63, 3.8) is 0 Å². The Kier molecular flexibility index (Phi) is 4.90. The number of nitrogens with zero attached hydrogens (tertiary/aromatic N) is 4. The molecule has 0 aliphatic carbocycles. The zero-order chi connectivity index (χ0) is 18.7. The summed E-state index contributed by atoms with van der Waals surface area (Å²) in [4.78, 5) is 8.09. The van der Waals surface area contributed by atoms with Crippen molar-refractivity contribution in [2.75, 3.05) is 0 Å². The molecule has 2 aromatic heterocycles. The number of pyridine rings is 1. The molecule has 0 atom stereocenters. The average Bonchev–Trinajstić information content (AvgIpc) is 2.57. The van der Waals surface area contributed by atoms with Crippen LogP contribution in [0, 0.1) is 6.92 Å². The Labute approximate surface area is 150 Å². The van der Waals surface area contributed by atoms with Crippen molar-refractivity contribution >= 4 is 11.6 Å². The summed E-state index contributed by atoms with van der Waals surface area (Å²) in [6.45, 7) is 1.63. The van der Waals surface area contributed by atoms with E-state index >= 15 is 0 Å². The van der Waals surface area contributed by atoms with Crippen LogP contribution in [0.25, 0.3) is 11.4 Å². The Bertz CT molecular complexity index is 920. The fraction of sp³-hybridized carbons (Fsp3) is 0.125. The van der Waals surface area contributed by atoms with Gasteiger partial charge in [0.25, 0.3) is 0 Å². The number of benzene rings is 1. The Morgan fingerprint density at radius 2 is 1.85 bits per heavy atom. The smallest absolute Gasteiger partial charge is 0.436 e. The van der Waals surface area contributed by atoms with Gasteiger partial charge in [0.15, 0.2) is 5.82 Å². The lowest BCUT2D eigenvalue weighted by molar-refractivity contribution is -0.274. The van der Waals surface area contributed by atoms with Crippen LogP contribution in [-0.2, 0) is 0 Å². The Morgan fingerprint density at radius 3 is 2.54 bits per heavy atom. The van der Waals surface area contributed by atoms with E-state index in [0.717, 1.165) is 6.07 Å². The SMILES string of the molecule is Cc1nnc(-c2cccc(OC(F)(F)F)c2)nc1Oc1ccc(Cl)nc1. The Hall–Kier alpha value is -2.94. The van der Waals surface area contributed by atoms with E-state index < -0.39 is 6.36 Å². The van der Waals surface area contributed by atoms with Crippen LogP contribution in [0.3, 0.4) is 0 Å². The van der Waals surface area contributed by atoms with E-state index in [0.29, 0.717) is 22.2 Å². The Morgan fingerprint density at radius 1 is 1.04 bits per heavy atom. The van der Waals surface area contributed by atoms with Crippen LogP contribution in [0.1, 0.15) is 5.69 Å². The maximum absolute atomic E-state index is 12.4. The van der Waals surface area contributed by atoms with Crippen LogP contribution in [0.4, 0.5) is 13.2 Å². The number of halogens is 4. The van der Waals surface area contributed by atoms with Gasteiger partial charge in [-0.05, 0) is 31.2 Å². The standard InChI is InChI=1S/C16H10ClF3N4O2/c1-9-15(25-12-5-6-13(17)21-8-12)22-14(24-23-9)10-3-2-4-11(7-10)26-16(18,19)20/h2-8H,1H3. The van der Waals surface area contributed by atoms with Crippen LogP contribution in [0.2, 0.25) is 5.15 Å². The van der Waals surface area contributed by atoms with Gasteiger partial charge < -0.3 is 9.47 Å². The maximum Gasteiger partial charge on any atom is 0.573 e. The van der Waals surface area contributed by atoms with Crippen LogP contribution in [-0.4, -0.2) is 26.5 Å². The van der Waals surface area contributed by atoms with E-state index in [2.05, 4.69) is 24.9 Å². The minimum absolute atomic E-state index is 0.0835. The number of hydrogen-bond acceptors (Lipinski definition) is 6. The van der Waals surface area contributed by atoms with Gasteiger partial charge in [0.1, 0.15) is 22.3 Å². The second kappa shape index (κ2) is 7.12. The summed E-state index contributed by atoms with van der Waals surface area (Å²) >= 11 is 5.72. The van der Waals surface area contributed by atoms with Gasteiger partial charge in [0.2, 0.25) is 5.88 Å². The molecule has 3 aromatic rings. The van der Waals surface area contributed by atoms with Gasteiger partial charge >= 0.3 is 6.36 Å². The van der Waals surface area contributed by atoms with Crippen LogP contribution < -0.4 is 9.47 Å². The number of aryl methyl sites for hydroxylation is 1. The molecule has 0 saturated heterocycles. The number of ether oxygens (including phenoxy) is 2. The first kappa shape index (κ1) is 17.9. The third-order valence-corrected chi connectivity index (χ3v) is 3.28. The molecule has 10 heteroatoms. The number of hydrogen-bond donors (Lipinski definition) is 0. The molecule has 0 aliphatic rings. The van der Waals surface area contributed by atoms with Crippen LogP contribution in [0.15, 0.2) is 42.6 Å². The van der Waals surface area contributed by atoms with Crippen molar-refractivity contribution in [2.45, 2.75) is 13.3 Å². The van der Waals surface area contributed by atoms with Crippen molar-refractivity contribution in [3.05, 3.63) is 53.4 Å². The van der Waals surface area contributed by atoms with E-state index in [1.807, 2.05) is 0 Å². The molecule has 134 valence electrons. The summed E-state index contributed by atoms with van der Waals surface area (Å²) < 4.78 is 46.6. The van der Waals surface area contributed by atoms with Crippen molar-refractivity contribution in [1.82, 2.24) is 20.2 Å². The van der Waals surface area contributed by atoms with Gasteiger partial charge in [-0.25, -0.2) is 4.98 Å². The van der Waals surface area contributed by atoms with E-state index in [1.165, 1.54) is 24.4 Å². The van der Waals surface area contributed by atoms with Gasteiger partial charge in [0, 0.05) is 5.56 Å². The first-order valence-corrected chi connectivity index (χ1v) is 7.55. The summed E-state index contributed by atoms with van der Waals surface area (Å²) in [6, 6.07) is 8.39. The molecular weight excluding hydrogens is 373 g/mol. The van der Waals surface area contributed by atoms with Gasteiger partial charge in [-0.1, -0.05) is 23.7 Å². The zero-order valence-corrected chi connectivity index (χ0v) is 13.9. The molecule has 0 N–H and O–H groups in total. The average molecular weight is 383 g/mol. The largest absolute Gasteiger partial charge is 0.573 e. The highest BCUT2D eigenvalue weighted by atomic mass is 35.5. The van der Waals surface area contributed by atoms with Crippen molar-refractivity contribution in [1.29, 1.82) is 0 Å². The van der Waals surface area contributed by atoms with E-state index in [4.69, 9.17) is 16.3 Å². The predicted octanol–water partition coefficient (Wildman–Crippen LogP) is 4.59. The molecule has 2 heterocycles. The number of aromatic nitrogens is 4. The zero-order valence-electron chi connectivity index (χ0n) is 13.2. The lowest BCUT2D eigenvalue weighted by atomic mass is 10.2. The highest BCUT2D eigenvalue weighted by Gasteiger charge is 2.31. The molecule has 1 aromatic carbocycles. The number of rotatable bonds is 4.